The normalized spacial score (nSPS) is 12.0. The molecule has 0 aliphatic carbocycles. The first-order chi connectivity index (χ1) is 9.93. The zero-order chi connectivity index (χ0) is 15.0. The lowest BCUT2D eigenvalue weighted by Crippen LogP contribution is -2.05. The lowest BCUT2D eigenvalue weighted by atomic mass is 10.3. The molecule has 1 N–H and O–H groups in total. The van der Waals surface area contributed by atoms with Gasteiger partial charge in [-0.3, -0.25) is 0 Å². The van der Waals surface area contributed by atoms with Gasteiger partial charge in [0.1, 0.15) is 15.6 Å². The number of halogens is 4. The van der Waals surface area contributed by atoms with Crippen molar-refractivity contribution in [1.29, 1.82) is 0 Å². The molecule has 10 heteroatoms. The van der Waals surface area contributed by atoms with E-state index >= 15 is 0 Å². The Kier molecular flexibility index (Phi) is 3.46. The summed E-state index contributed by atoms with van der Waals surface area (Å²) in [4.78, 5) is 18.5. The summed E-state index contributed by atoms with van der Waals surface area (Å²) < 4.78 is 37.4. The van der Waals surface area contributed by atoms with Crippen LogP contribution in [0.3, 0.4) is 0 Å². The van der Waals surface area contributed by atoms with Crippen molar-refractivity contribution in [2.45, 2.75) is 16.2 Å². The van der Waals surface area contributed by atoms with Crippen LogP contribution in [-0.2, 0) is 6.18 Å². The van der Waals surface area contributed by atoms with E-state index in [0.717, 1.165) is 24.0 Å². The molecule has 108 valence electrons. The Morgan fingerprint density at radius 2 is 1.95 bits per heavy atom. The molecule has 0 aliphatic rings. The molecular formula is C11H5ClF3N5S. The number of nitrogens with one attached hydrogen (secondary N) is 1. The molecule has 3 aromatic heterocycles. The van der Waals surface area contributed by atoms with E-state index in [4.69, 9.17) is 11.6 Å². The van der Waals surface area contributed by atoms with E-state index in [1.165, 1.54) is 12.4 Å². The summed E-state index contributed by atoms with van der Waals surface area (Å²) in [5.41, 5.74) is 0.120. The molecule has 0 unspecified atom stereocenters. The molecule has 0 saturated heterocycles. The van der Waals surface area contributed by atoms with E-state index in [0.29, 0.717) is 21.2 Å². The summed E-state index contributed by atoms with van der Waals surface area (Å²) in [7, 11) is 0. The van der Waals surface area contributed by atoms with Crippen LogP contribution in [0.5, 0.6) is 0 Å². The predicted molar refractivity (Wildman–Crippen MR) is 70.1 cm³/mol. The van der Waals surface area contributed by atoms with Gasteiger partial charge in [-0.2, -0.15) is 18.2 Å². The van der Waals surface area contributed by atoms with Crippen molar-refractivity contribution < 1.29 is 13.2 Å². The highest BCUT2D eigenvalue weighted by atomic mass is 35.5. The molecule has 3 heterocycles. The largest absolute Gasteiger partial charge is 0.417 e. The van der Waals surface area contributed by atoms with Crippen LogP contribution in [-0.4, -0.2) is 24.9 Å². The number of hydrogen-bond acceptors (Lipinski definition) is 5. The van der Waals surface area contributed by atoms with E-state index in [1.807, 2.05) is 0 Å². The Labute approximate surface area is 125 Å². The SMILES string of the molecule is FC(F)(F)c1ccc(Sc2nc(Cl)nc3nc[nH]c23)nc1. The van der Waals surface area contributed by atoms with Crippen LogP contribution < -0.4 is 0 Å². The van der Waals surface area contributed by atoms with Gasteiger partial charge in [0.2, 0.25) is 5.28 Å². The van der Waals surface area contributed by atoms with Crippen LogP contribution in [0.4, 0.5) is 13.2 Å². The topological polar surface area (TPSA) is 67.3 Å². The highest BCUT2D eigenvalue weighted by molar-refractivity contribution is 7.99. The second-order valence-electron chi connectivity index (χ2n) is 3.88. The number of aromatic amines is 1. The Morgan fingerprint density at radius 1 is 1.14 bits per heavy atom. The average Bonchev–Trinajstić information content (AvgIpc) is 2.86. The molecule has 0 spiro atoms. The van der Waals surface area contributed by atoms with Crippen molar-refractivity contribution in [3.8, 4) is 0 Å². The molecule has 0 saturated carbocycles. The van der Waals surface area contributed by atoms with Gasteiger partial charge in [-0.05, 0) is 35.5 Å². The molecule has 0 bridgehead atoms. The van der Waals surface area contributed by atoms with Gasteiger partial charge in [-0.15, -0.1) is 0 Å². The van der Waals surface area contributed by atoms with E-state index in [1.54, 1.807) is 0 Å². The number of imidazole rings is 1. The minimum Gasteiger partial charge on any atom is -0.341 e. The fourth-order valence-corrected chi connectivity index (χ4v) is 2.60. The van der Waals surface area contributed by atoms with Crippen molar-refractivity contribution >= 4 is 34.5 Å². The monoisotopic (exact) mass is 331 g/mol. The fourth-order valence-electron chi connectivity index (χ4n) is 1.56. The van der Waals surface area contributed by atoms with Crippen molar-refractivity contribution in [2.24, 2.45) is 0 Å². The van der Waals surface area contributed by atoms with Gasteiger partial charge in [0, 0.05) is 6.20 Å². The zero-order valence-corrected chi connectivity index (χ0v) is 11.6. The minimum absolute atomic E-state index is 0.00371. The molecule has 3 rings (SSSR count). The first-order valence-corrected chi connectivity index (χ1v) is 6.70. The summed E-state index contributed by atoms with van der Waals surface area (Å²) >= 11 is 6.84. The summed E-state index contributed by atoms with van der Waals surface area (Å²) in [6.45, 7) is 0. The Morgan fingerprint density at radius 3 is 2.62 bits per heavy atom. The number of pyridine rings is 1. The van der Waals surface area contributed by atoms with E-state index in [2.05, 4.69) is 24.9 Å². The molecule has 21 heavy (non-hydrogen) atoms. The summed E-state index contributed by atoms with van der Waals surface area (Å²) in [6.07, 6.45) is -2.21. The van der Waals surface area contributed by atoms with E-state index in [-0.39, 0.29) is 5.28 Å². The third-order valence-electron chi connectivity index (χ3n) is 2.49. The molecule has 0 fully saturated rings. The Bertz CT molecular complexity index is 787. The van der Waals surface area contributed by atoms with E-state index in [9.17, 15) is 13.2 Å². The number of rotatable bonds is 2. The van der Waals surface area contributed by atoms with Crippen LogP contribution in [0.1, 0.15) is 5.56 Å². The van der Waals surface area contributed by atoms with Gasteiger partial charge in [0.05, 0.1) is 11.9 Å². The molecule has 0 atom stereocenters. The molecule has 5 nitrogen and oxygen atoms in total. The maximum absolute atomic E-state index is 12.5. The lowest BCUT2D eigenvalue weighted by molar-refractivity contribution is -0.137. The van der Waals surface area contributed by atoms with Gasteiger partial charge < -0.3 is 4.98 Å². The summed E-state index contributed by atoms with van der Waals surface area (Å²) in [5, 5.41) is 0.799. The first-order valence-electron chi connectivity index (χ1n) is 5.51. The zero-order valence-electron chi connectivity index (χ0n) is 10.0. The lowest BCUT2D eigenvalue weighted by Gasteiger charge is -2.06. The number of fused-ring (bicyclic) bond motifs is 1. The molecular weight excluding hydrogens is 327 g/mol. The van der Waals surface area contributed by atoms with Crippen molar-refractivity contribution in [1.82, 2.24) is 24.9 Å². The van der Waals surface area contributed by atoms with Crippen molar-refractivity contribution in [2.75, 3.05) is 0 Å². The van der Waals surface area contributed by atoms with Crippen molar-refractivity contribution in [3.63, 3.8) is 0 Å². The Balaban J connectivity index is 1.93. The number of hydrogen-bond donors (Lipinski definition) is 1. The van der Waals surface area contributed by atoms with Gasteiger partial charge in [-0.1, -0.05) is 0 Å². The second-order valence-corrected chi connectivity index (χ2v) is 5.23. The Hall–Kier alpha value is -1.87. The molecule has 0 aromatic carbocycles. The molecule has 3 aromatic rings. The van der Waals surface area contributed by atoms with Gasteiger partial charge in [-0.25, -0.2) is 15.0 Å². The number of alkyl halides is 3. The smallest absolute Gasteiger partial charge is 0.341 e. The maximum atomic E-state index is 12.5. The predicted octanol–water partition coefficient (Wildman–Crippen LogP) is 3.57. The molecule has 0 aliphatic heterocycles. The highest BCUT2D eigenvalue weighted by Crippen LogP contribution is 2.32. The minimum atomic E-state index is -4.41. The number of nitrogens with zero attached hydrogens (tertiary/aromatic N) is 4. The second kappa shape index (κ2) is 5.15. The van der Waals surface area contributed by atoms with Crippen LogP contribution >= 0.6 is 23.4 Å². The van der Waals surface area contributed by atoms with Gasteiger partial charge in [0.25, 0.3) is 0 Å². The van der Waals surface area contributed by atoms with Crippen LogP contribution in [0.15, 0.2) is 34.7 Å². The van der Waals surface area contributed by atoms with Gasteiger partial charge in [0.15, 0.2) is 5.65 Å². The first kappa shape index (κ1) is 14.1. The van der Waals surface area contributed by atoms with Gasteiger partial charge >= 0.3 is 6.18 Å². The molecule has 0 radical (unpaired) electrons. The van der Waals surface area contributed by atoms with E-state index < -0.39 is 11.7 Å². The third kappa shape index (κ3) is 2.93. The molecule has 0 amide bonds. The van der Waals surface area contributed by atoms with Crippen molar-refractivity contribution in [3.05, 3.63) is 35.5 Å². The number of H-pyrrole nitrogens is 1. The number of aromatic nitrogens is 5. The highest BCUT2D eigenvalue weighted by Gasteiger charge is 2.30. The summed E-state index contributed by atoms with van der Waals surface area (Å²) in [5.74, 6) is 0. The fraction of sp³-hybridized carbons (Fsp3) is 0.0909. The average molecular weight is 332 g/mol. The maximum Gasteiger partial charge on any atom is 0.417 e. The standard InChI is InChI=1S/C11H5ClF3N5S/c12-10-19-8-7(17-4-18-8)9(20-10)21-6-2-1-5(3-16-6)11(13,14)15/h1-4H,(H,17,18,19,20). The third-order valence-corrected chi connectivity index (χ3v) is 3.60. The van der Waals surface area contributed by atoms with Crippen LogP contribution in [0, 0.1) is 0 Å². The van der Waals surface area contributed by atoms with Crippen LogP contribution in [0.2, 0.25) is 5.28 Å². The quantitative estimate of drug-likeness (QED) is 0.574. The van der Waals surface area contributed by atoms with Crippen LogP contribution in [0.25, 0.3) is 11.2 Å². The summed E-state index contributed by atoms with van der Waals surface area (Å²) in [6, 6.07) is 2.23.